The Morgan fingerprint density at radius 2 is 1.30 bits per heavy atom. The van der Waals surface area contributed by atoms with Crippen molar-refractivity contribution < 1.29 is 39.9 Å². The molecule has 0 radical (unpaired) electrons. The lowest BCUT2D eigenvalue weighted by molar-refractivity contribution is 0.0240. The predicted octanol–water partition coefficient (Wildman–Crippen LogP) is 8.52. The Labute approximate surface area is 400 Å². The number of nitrogens with zero attached hydrogens (tertiary/aromatic N) is 6. The van der Waals surface area contributed by atoms with Crippen molar-refractivity contribution in [3.8, 4) is 11.1 Å². The van der Waals surface area contributed by atoms with E-state index in [2.05, 4.69) is 9.71 Å². The zero-order valence-corrected chi connectivity index (χ0v) is 40.5. The minimum absolute atomic E-state index is 0.0432. The van der Waals surface area contributed by atoms with Gasteiger partial charge in [-0.3, -0.25) is 9.52 Å². The zero-order chi connectivity index (χ0) is 49.5. The summed E-state index contributed by atoms with van der Waals surface area (Å²) in [5, 5.41) is 0.142. The molecule has 4 aromatic carbocycles. The molecule has 1 amide bonds. The molecule has 0 aliphatic carbocycles. The number of benzene rings is 4. The van der Waals surface area contributed by atoms with Crippen molar-refractivity contribution in [1.82, 2.24) is 23.7 Å². The lowest BCUT2D eigenvalue weighted by Gasteiger charge is -2.38. The fourth-order valence-corrected chi connectivity index (χ4v) is 10.3. The van der Waals surface area contributed by atoms with E-state index in [0.717, 1.165) is 39.4 Å². The van der Waals surface area contributed by atoms with E-state index < -0.39 is 65.9 Å². The lowest BCUT2D eigenvalue weighted by atomic mass is 9.76. The highest BCUT2D eigenvalue weighted by Gasteiger charge is 2.41. The summed E-state index contributed by atoms with van der Waals surface area (Å²) in [6, 6.07) is 33.3. The molecule has 1 N–H and O–H groups in total. The van der Waals surface area contributed by atoms with Crippen LogP contribution in [0.15, 0.2) is 139 Å². The van der Waals surface area contributed by atoms with Crippen LogP contribution in [0, 0.1) is 11.6 Å². The van der Waals surface area contributed by atoms with Gasteiger partial charge < -0.3 is 19.1 Å². The van der Waals surface area contributed by atoms with Crippen molar-refractivity contribution in [3.05, 3.63) is 173 Å². The molecule has 0 atom stereocenters. The second-order valence-electron chi connectivity index (χ2n) is 17.7. The van der Waals surface area contributed by atoms with E-state index in [4.69, 9.17) is 9.72 Å². The van der Waals surface area contributed by atoms with Crippen LogP contribution in [-0.2, 0) is 30.3 Å². The van der Waals surface area contributed by atoms with Crippen LogP contribution < -0.4 is 9.62 Å². The zero-order valence-electron chi connectivity index (χ0n) is 38.9. The predicted molar refractivity (Wildman–Crippen MR) is 261 cm³/mol. The lowest BCUT2D eigenvalue weighted by Crippen LogP contribution is -2.50. The van der Waals surface area contributed by atoms with Gasteiger partial charge >= 0.3 is 16.3 Å². The third-order valence-electron chi connectivity index (χ3n) is 12.0. The van der Waals surface area contributed by atoms with Crippen molar-refractivity contribution in [2.45, 2.75) is 43.7 Å². The summed E-state index contributed by atoms with van der Waals surface area (Å²) >= 11 is 0. The molecular weight excluding hydrogens is 925 g/mol. The Bertz CT molecular complexity index is 3190. The number of rotatable bonds is 13. The fourth-order valence-electron chi connectivity index (χ4n) is 8.55. The molecule has 1 fully saturated rings. The Morgan fingerprint density at radius 1 is 0.768 bits per heavy atom. The first kappa shape index (κ1) is 48.4. The van der Waals surface area contributed by atoms with Crippen LogP contribution in [0.2, 0.25) is 0 Å². The molecule has 358 valence electrons. The van der Waals surface area contributed by atoms with Crippen molar-refractivity contribution >= 4 is 54.5 Å². The molecule has 18 heteroatoms. The van der Waals surface area contributed by atoms with Gasteiger partial charge in [-0.2, -0.15) is 12.7 Å². The maximum absolute atomic E-state index is 16.7. The van der Waals surface area contributed by atoms with Crippen molar-refractivity contribution in [1.29, 1.82) is 0 Å². The third-order valence-corrected chi connectivity index (χ3v) is 14.7. The first-order chi connectivity index (χ1) is 32.7. The van der Waals surface area contributed by atoms with E-state index >= 15 is 13.6 Å². The Balaban J connectivity index is 1.34. The number of hydrogen-bond donors (Lipinski definition) is 1. The number of carbonyl (C=O) groups is 2. The minimum Gasteiger partial charge on any atom is -0.444 e. The van der Waals surface area contributed by atoms with Gasteiger partial charge in [0.1, 0.15) is 33.3 Å². The SMILES string of the molecule is CCN(C)S(=O)(=O)Nc1ccc(F)c(C(=O)c2cn(C(c3ccccc3)(c3ccccc3)c3ccccc3)c3ncc(-c4cnc(N5CCN(C(=O)OC(C)(C)C)CC5)c(S(C)(=O)=O)c4)cc23)c1F. The number of fused-ring (bicyclic) bond motifs is 1. The first-order valence-corrected chi connectivity index (χ1v) is 25.5. The van der Waals surface area contributed by atoms with Gasteiger partial charge in [-0.15, -0.1) is 0 Å². The molecule has 14 nitrogen and oxygen atoms in total. The Hall–Kier alpha value is -7.02. The number of carbonyl (C=O) groups excluding carboxylic acids is 2. The molecule has 8 rings (SSSR count). The highest BCUT2D eigenvalue weighted by molar-refractivity contribution is 7.91. The van der Waals surface area contributed by atoms with Crippen LogP contribution >= 0.6 is 0 Å². The van der Waals surface area contributed by atoms with Crippen LogP contribution in [0.4, 0.5) is 25.1 Å². The third kappa shape index (κ3) is 9.43. The summed E-state index contributed by atoms with van der Waals surface area (Å²) < 4.78 is 96.4. The molecular formula is C51H51F2N7O7S2. The van der Waals surface area contributed by atoms with Gasteiger partial charge in [0.25, 0.3) is 0 Å². The number of ether oxygens (including phenoxy) is 1. The normalized spacial score (nSPS) is 13.8. The highest BCUT2D eigenvalue weighted by Crippen LogP contribution is 2.45. The van der Waals surface area contributed by atoms with E-state index in [1.54, 1.807) is 48.1 Å². The molecule has 4 heterocycles. The van der Waals surface area contributed by atoms with Crippen LogP contribution in [-0.4, -0.2) is 104 Å². The monoisotopic (exact) mass is 975 g/mol. The maximum Gasteiger partial charge on any atom is 0.410 e. The van der Waals surface area contributed by atoms with Gasteiger partial charge in [-0.1, -0.05) is 97.9 Å². The molecule has 0 bridgehead atoms. The Morgan fingerprint density at radius 3 is 1.83 bits per heavy atom. The number of halogens is 2. The number of piperazine rings is 1. The van der Waals surface area contributed by atoms with E-state index in [9.17, 15) is 21.6 Å². The van der Waals surface area contributed by atoms with E-state index in [1.165, 1.54) is 31.7 Å². The average Bonchev–Trinajstić information content (AvgIpc) is 3.71. The Kier molecular flexibility index (Phi) is 13.2. The van der Waals surface area contributed by atoms with Crippen LogP contribution in [0.25, 0.3) is 22.2 Å². The van der Waals surface area contributed by atoms with Gasteiger partial charge in [0.2, 0.25) is 5.78 Å². The maximum atomic E-state index is 16.7. The summed E-state index contributed by atoms with van der Waals surface area (Å²) in [7, 11) is -6.95. The van der Waals surface area contributed by atoms with Crippen LogP contribution in [0.3, 0.4) is 0 Å². The first-order valence-electron chi connectivity index (χ1n) is 22.1. The molecule has 0 unspecified atom stereocenters. The number of pyridine rings is 2. The summed E-state index contributed by atoms with van der Waals surface area (Å²) in [5.74, 6) is -3.59. The number of hydrogen-bond acceptors (Lipinski definition) is 10. The standard InChI is InChI=1S/C51H51F2N7O7S2/c1-7-57(5)69(65,66)56-42-24-23-41(52)44(45(42)53)46(61)40-33-60(51(36-17-11-8-12-18-36,37-19-13-9-14-20-37)38-21-15-10-16-22-38)47-39(40)29-34(31-54-47)35-30-43(68(6,63)64)48(55-32-35)58-25-27-59(28-26-58)49(62)67-50(2,3)4/h8-24,29-33,56H,7,25-28H2,1-6H3. The fraction of sp³-hybridized carbons (Fsp3) is 0.255. The van der Waals surface area contributed by atoms with E-state index in [0.29, 0.717) is 11.1 Å². The van der Waals surface area contributed by atoms with Crippen LogP contribution in [0.5, 0.6) is 0 Å². The summed E-state index contributed by atoms with van der Waals surface area (Å²) in [4.78, 5) is 40.8. The highest BCUT2D eigenvalue weighted by atomic mass is 32.2. The smallest absolute Gasteiger partial charge is 0.410 e. The minimum atomic E-state index is -4.30. The second-order valence-corrected chi connectivity index (χ2v) is 21.5. The van der Waals surface area contributed by atoms with Gasteiger partial charge in [0.05, 0.1) is 16.8 Å². The summed E-state index contributed by atoms with van der Waals surface area (Å²) in [6.07, 6.45) is 5.09. The van der Waals surface area contributed by atoms with Gasteiger partial charge in [0.15, 0.2) is 15.7 Å². The van der Waals surface area contributed by atoms with Gasteiger partial charge in [-0.25, -0.2) is 32.0 Å². The van der Waals surface area contributed by atoms with Crippen molar-refractivity contribution in [3.63, 3.8) is 0 Å². The molecule has 1 aliphatic rings. The molecule has 3 aromatic heterocycles. The van der Waals surface area contributed by atoms with Crippen molar-refractivity contribution in [2.75, 3.05) is 55.6 Å². The summed E-state index contributed by atoms with van der Waals surface area (Å²) in [6.45, 7) is 8.03. The number of aromatic nitrogens is 3. The number of amides is 1. The molecule has 1 saturated heterocycles. The van der Waals surface area contributed by atoms with E-state index in [-0.39, 0.29) is 60.0 Å². The number of nitrogens with one attached hydrogen (secondary N) is 1. The molecule has 7 aromatic rings. The topological polar surface area (TPSA) is 164 Å². The molecule has 69 heavy (non-hydrogen) atoms. The summed E-state index contributed by atoms with van der Waals surface area (Å²) in [5.41, 5.74) is -0.695. The van der Waals surface area contributed by atoms with Gasteiger partial charge in [0, 0.05) is 81.1 Å². The number of sulfone groups is 1. The quantitative estimate of drug-likeness (QED) is 0.0875. The molecule has 1 aliphatic heterocycles. The second kappa shape index (κ2) is 18.8. The molecule has 0 spiro atoms. The number of ketones is 1. The largest absolute Gasteiger partial charge is 0.444 e. The van der Waals surface area contributed by atoms with Gasteiger partial charge in [-0.05, 0) is 61.7 Å². The number of anilines is 2. The van der Waals surface area contributed by atoms with E-state index in [1.807, 2.05) is 91.0 Å². The molecule has 0 saturated carbocycles. The van der Waals surface area contributed by atoms with Crippen molar-refractivity contribution in [2.24, 2.45) is 0 Å². The average molecular weight is 976 g/mol. The van der Waals surface area contributed by atoms with Crippen LogP contribution in [0.1, 0.15) is 60.3 Å².